The highest BCUT2D eigenvalue weighted by Crippen LogP contribution is 2.26. The Balaban J connectivity index is 2.32. The standard InChI is InChI=1S/C12H24N2O4S/c1-5-6-13-19(16,17)10-7-9(8-10)14-11(15)18-12(2,3)4/h9-10,13H,5-8H2,1-4H3,(H,14,15). The number of hydrogen-bond acceptors (Lipinski definition) is 4. The molecule has 0 saturated heterocycles. The van der Waals surface area contributed by atoms with Gasteiger partial charge in [-0.25, -0.2) is 17.9 Å². The van der Waals surface area contributed by atoms with Gasteiger partial charge in [0.1, 0.15) is 5.60 Å². The number of sulfonamides is 1. The monoisotopic (exact) mass is 292 g/mol. The van der Waals surface area contributed by atoms with Gasteiger partial charge in [-0.05, 0) is 40.0 Å². The number of hydrogen-bond donors (Lipinski definition) is 2. The molecule has 7 heteroatoms. The maximum atomic E-state index is 11.8. The summed E-state index contributed by atoms with van der Waals surface area (Å²) in [5, 5.41) is 2.27. The molecule has 0 aromatic rings. The van der Waals surface area contributed by atoms with Crippen molar-refractivity contribution in [3.05, 3.63) is 0 Å². The Morgan fingerprint density at radius 3 is 2.37 bits per heavy atom. The molecule has 0 atom stereocenters. The molecule has 0 aromatic carbocycles. The molecular formula is C12H24N2O4S. The van der Waals surface area contributed by atoms with E-state index >= 15 is 0 Å². The molecule has 1 rings (SSSR count). The number of amides is 1. The van der Waals surface area contributed by atoms with Gasteiger partial charge < -0.3 is 10.1 Å². The first kappa shape index (κ1) is 16.2. The molecule has 19 heavy (non-hydrogen) atoms. The highest BCUT2D eigenvalue weighted by molar-refractivity contribution is 7.90. The summed E-state index contributed by atoms with van der Waals surface area (Å²) in [7, 11) is -3.23. The number of carbonyl (C=O) groups is 1. The van der Waals surface area contributed by atoms with Crippen molar-refractivity contribution in [2.45, 2.75) is 63.9 Å². The van der Waals surface area contributed by atoms with Crippen LogP contribution >= 0.6 is 0 Å². The summed E-state index contributed by atoms with van der Waals surface area (Å²) in [5.41, 5.74) is -0.540. The number of carbonyl (C=O) groups excluding carboxylic acids is 1. The summed E-state index contributed by atoms with van der Waals surface area (Å²) in [6.07, 6.45) is 1.16. The fraction of sp³-hybridized carbons (Fsp3) is 0.917. The van der Waals surface area contributed by atoms with Gasteiger partial charge in [0, 0.05) is 12.6 Å². The quantitative estimate of drug-likeness (QED) is 0.801. The fourth-order valence-electron chi connectivity index (χ4n) is 1.77. The van der Waals surface area contributed by atoms with Crippen LogP contribution in [0, 0.1) is 0 Å². The van der Waals surface area contributed by atoms with Crippen LogP contribution in [-0.2, 0) is 14.8 Å². The zero-order valence-electron chi connectivity index (χ0n) is 12.0. The Morgan fingerprint density at radius 2 is 1.89 bits per heavy atom. The van der Waals surface area contributed by atoms with E-state index in [1.54, 1.807) is 20.8 Å². The summed E-state index contributed by atoms with van der Waals surface area (Å²) in [5.74, 6) is 0. The van der Waals surface area contributed by atoms with Crippen LogP contribution in [0.5, 0.6) is 0 Å². The van der Waals surface area contributed by atoms with Crippen LogP contribution in [0.25, 0.3) is 0 Å². The fourth-order valence-corrected chi connectivity index (χ4v) is 3.47. The molecule has 0 aliphatic heterocycles. The lowest BCUT2D eigenvalue weighted by molar-refractivity contribution is 0.0480. The molecule has 0 unspecified atom stereocenters. The third kappa shape index (κ3) is 5.36. The van der Waals surface area contributed by atoms with Gasteiger partial charge in [0.25, 0.3) is 0 Å². The van der Waals surface area contributed by atoms with E-state index < -0.39 is 27.0 Å². The second-order valence-corrected chi connectivity index (χ2v) is 7.92. The Bertz CT molecular complexity index is 408. The number of nitrogens with one attached hydrogen (secondary N) is 2. The van der Waals surface area contributed by atoms with Crippen LogP contribution in [0.4, 0.5) is 4.79 Å². The lowest BCUT2D eigenvalue weighted by atomic mass is 9.92. The predicted molar refractivity (Wildman–Crippen MR) is 73.4 cm³/mol. The topological polar surface area (TPSA) is 84.5 Å². The summed E-state index contributed by atoms with van der Waals surface area (Å²) in [6, 6.07) is -0.113. The van der Waals surface area contributed by atoms with Crippen molar-refractivity contribution in [1.29, 1.82) is 0 Å². The molecule has 2 N–H and O–H groups in total. The minimum atomic E-state index is -3.23. The smallest absolute Gasteiger partial charge is 0.407 e. The zero-order valence-corrected chi connectivity index (χ0v) is 12.8. The van der Waals surface area contributed by atoms with Gasteiger partial charge in [0.2, 0.25) is 10.0 Å². The molecule has 0 bridgehead atoms. The normalized spacial score (nSPS) is 23.6. The summed E-state index contributed by atoms with van der Waals surface area (Å²) >= 11 is 0. The zero-order chi connectivity index (χ0) is 14.7. The van der Waals surface area contributed by atoms with Crippen LogP contribution in [0.2, 0.25) is 0 Å². The van der Waals surface area contributed by atoms with Gasteiger partial charge in [-0.3, -0.25) is 0 Å². The van der Waals surface area contributed by atoms with Crippen molar-refractivity contribution >= 4 is 16.1 Å². The first-order chi connectivity index (χ1) is 8.64. The summed E-state index contributed by atoms with van der Waals surface area (Å²) < 4.78 is 31.2. The molecule has 0 spiro atoms. The van der Waals surface area contributed by atoms with E-state index in [2.05, 4.69) is 10.0 Å². The number of rotatable bonds is 5. The average Bonchev–Trinajstić information content (AvgIpc) is 2.17. The molecule has 1 amide bonds. The lowest BCUT2D eigenvalue weighted by Gasteiger charge is -2.35. The van der Waals surface area contributed by atoms with Gasteiger partial charge in [-0.1, -0.05) is 6.92 Å². The van der Waals surface area contributed by atoms with Crippen LogP contribution in [0.3, 0.4) is 0 Å². The molecule has 6 nitrogen and oxygen atoms in total. The largest absolute Gasteiger partial charge is 0.444 e. The summed E-state index contributed by atoms with van der Waals surface area (Å²) in [6.45, 7) is 7.74. The molecule has 0 heterocycles. The van der Waals surface area contributed by atoms with Crippen molar-refractivity contribution in [2.75, 3.05) is 6.54 Å². The molecule has 0 radical (unpaired) electrons. The Morgan fingerprint density at radius 1 is 1.32 bits per heavy atom. The second-order valence-electron chi connectivity index (χ2n) is 5.88. The van der Waals surface area contributed by atoms with E-state index in [1.165, 1.54) is 0 Å². The SMILES string of the molecule is CCCNS(=O)(=O)C1CC(NC(=O)OC(C)(C)C)C1. The predicted octanol–water partition coefficient (Wildman–Crippen LogP) is 1.37. The third-order valence-electron chi connectivity index (χ3n) is 2.81. The molecule has 1 saturated carbocycles. The van der Waals surface area contributed by atoms with Crippen LogP contribution < -0.4 is 10.0 Å². The van der Waals surface area contributed by atoms with Crippen molar-refractivity contribution in [2.24, 2.45) is 0 Å². The highest BCUT2D eigenvalue weighted by Gasteiger charge is 2.39. The molecule has 0 aromatic heterocycles. The Kier molecular flexibility index (Phi) is 5.20. The highest BCUT2D eigenvalue weighted by atomic mass is 32.2. The van der Waals surface area contributed by atoms with Gasteiger partial charge in [-0.15, -0.1) is 0 Å². The lowest BCUT2D eigenvalue weighted by Crippen LogP contribution is -2.53. The van der Waals surface area contributed by atoms with E-state index in [0.29, 0.717) is 19.4 Å². The first-order valence-corrected chi connectivity index (χ1v) is 8.16. The third-order valence-corrected chi connectivity index (χ3v) is 4.68. The van der Waals surface area contributed by atoms with Gasteiger partial charge in [-0.2, -0.15) is 0 Å². The molecule has 1 aliphatic carbocycles. The summed E-state index contributed by atoms with van der Waals surface area (Å²) in [4.78, 5) is 11.5. The minimum Gasteiger partial charge on any atom is -0.444 e. The minimum absolute atomic E-state index is 0.113. The van der Waals surface area contributed by atoms with E-state index in [-0.39, 0.29) is 6.04 Å². The Hall–Kier alpha value is -0.820. The molecule has 1 fully saturated rings. The van der Waals surface area contributed by atoms with Crippen molar-refractivity contribution in [3.8, 4) is 0 Å². The van der Waals surface area contributed by atoms with Crippen molar-refractivity contribution in [3.63, 3.8) is 0 Å². The van der Waals surface area contributed by atoms with Gasteiger partial charge in [0.05, 0.1) is 5.25 Å². The van der Waals surface area contributed by atoms with Crippen LogP contribution in [0.15, 0.2) is 0 Å². The van der Waals surface area contributed by atoms with E-state index in [9.17, 15) is 13.2 Å². The molecular weight excluding hydrogens is 268 g/mol. The van der Waals surface area contributed by atoms with Gasteiger partial charge >= 0.3 is 6.09 Å². The van der Waals surface area contributed by atoms with Crippen molar-refractivity contribution in [1.82, 2.24) is 10.0 Å². The van der Waals surface area contributed by atoms with E-state index in [4.69, 9.17) is 4.74 Å². The number of alkyl carbamates (subject to hydrolysis) is 1. The average molecular weight is 292 g/mol. The van der Waals surface area contributed by atoms with Gasteiger partial charge in [0.15, 0.2) is 0 Å². The second kappa shape index (κ2) is 6.09. The Labute approximate surface area is 115 Å². The maximum Gasteiger partial charge on any atom is 0.407 e. The van der Waals surface area contributed by atoms with E-state index in [1.807, 2.05) is 6.92 Å². The molecule has 112 valence electrons. The van der Waals surface area contributed by atoms with Crippen LogP contribution in [-0.4, -0.2) is 37.9 Å². The first-order valence-electron chi connectivity index (χ1n) is 6.62. The maximum absolute atomic E-state index is 11.8. The van der Waals surface area contributed by atoms with Crippen LogP contribution in [0.1, 0.15) is 47.0 Å². The van der Waals surface area contributed by atoms with Crippen molar-refractivity contribution < 1.29 is 17.9 Å². The molecule has 1 aliphatic rings. The van der Waals surface area contributed by atoms with E-state index in [0.717, 1.165) is 6.42 Å². The number of ether oxygens (including phenoxy) is 1.